The molecule has 0 heterocycles. The van der Waals surface area contributed by atoms with Crippen molar-refractivity contribution in [1.82, 2.24) is 4.83 Å². The van der Waals surface area contributed by atoms with Crippen LogP contribution >= 0.6 is 0 Å². The van der Waals surface area contributed by atoms with Crippen LogP contribution in [0, 0.1) is 17.3 Å². The number of rotatable bonds is 4. The molecule has 4 rings (SSSR count). The predicted octanol–water partition coefficient (Wildman–Crippen LogP) is 2.76. The van der Waals surface area contributed by atoms with E-state index in [4.69, 9.17) is 10.0 Å². The quantitative estimate of drug-likeness (QED) is 0.606. The average molecular weight is 393 g/mol. The fraction of sp³-hybridized carbons (Fsp3) is 0.650. The Bertz CT molecular complexity index is 882. The lowest BCUT2D eigenvalue weighted by molar-refractivity contribution is -0.129. The predicted molar refractivity (Wildman–Crippen MR) is 102 cm³/mol. The standard InChI is InChI=1S/C20H28N2O4S/c1-3-12-10-16-13(11-18(12)26-27(24,25)22-21)4-5-15-14(16)8-9-20(2)17(15)6-7-19(20)23/h10-11,14-15,17,22H,3-9,21H2,1-2H3. The average Bonchev–Trinajstić information content (AvgIpc) is 2.95. The second-order valence-electron chi connectivity index (χ2n) is 8.50. The molecule has 7 heteroatoms. The highest BCUT2D eigenvalue weighted by Crippen LogP contribution is 2.59. The van der Waals surface area contributed by atoms with Crippen LogP contribution in [0.4, 0.5) is 0 Å². The number of hydrogen-bond donors (Lipinski definition) is 2. The highest BCUT2D eigenvalue weighted by molar-refractivity contribution is 7.85. The molecule has 27 heavy (non-hydrogen) atoms. The van der Waals surface area contributed by atoms with Crippen molar-refractivity contribution in [2.24, 2.45) is 23.1 Å². The molecule has 2 fully saturated rings. The molecule has 1 aromatic rings. The molecule has 2 saturated carbocycles. The van der Waals surface area contributed by atoms with E-state index in [1.807, 2.05) is 13.0 Å². The molecule has 0 amide bonds. The van der Waals surface area contributed by atoms with Crippen molar-refractivity contribution in [3.63, 3.8) is 0 Å². The Kier molecular flexibility index (Phi) is 4.60. The highest BCUT2D eigenvalue weighted by Gasteiger charge is 2.54. The van der Waals surface area contributed by atoms with Crippen molar-refractivity contribution in [3.05, 3.63) is 28.8 Å². The Morgan fingerprint density at radius 2 is 2.04 bits per heavy atom. The number of aryl methyl sites for hydroxylation is 2. The van der Waals surface area contributed by atoms with Crippen LogP contribution in [0.15, 0.2) is 12.1 Å². The third-order valence-electron chi connectivity index (χ3n) is 7.34. The molecule has 3 aliphatic rings. The van der Waals surface area contributed by atoms with Gasteiger partial charge in [-0.1, -0.05) is 19.9 Å². The first-order valence-electron chi connectivity index (χ1n) is 9.90. The van der Waals surface area contributed by atoms with E-state index in [1.165, 1.54) is 11.1 Å². The van der Waals surface area contributed by atoms with Gasteiger partial charge in [-0.05, 0) is 79.0 Å². The molecule has 0 radical (unpaired) electrons. The van der Waals surface area contributed by atoms with Gasteiger partial charge < -0.3 is 4.18 Å². The lowest BCUT2D eigenvalue weighted by Crippen LogP contribution is -2.42. The minimum Gasteiger partial charge on any atom is -0.370 e. The molecule has 0 spiro atoms. The Morgan fingerprint density at radius 1 is 1.26 bits per heavy atom. The van der Waals surface area contributed by atoms with Crippen molar-refractivity contribution in [1.29, 1.82) is 0 Å². The number of benzene rings is 1. The van der Waals surface area contributed by atoms with Gasteiger partial charge in [0.1, 0.15) is 11.5 Å². The fourth-order valence-electron chi connectivity index (χ4n) is 5.91. The summed E-state index contributed by atoms with van der Waals surface area (Å²) in [5, 5.41) is 0. The zero-order valence-electron chi connectivity index (χ0n) is 16.0. The van der Waals surface area contributed by atoms with Crippen molar-refractivity contribution >= 4 is 16.1 Å². The van der Waals surface area contributed by atoms with E-state index in [-0.39, 0.29) is 5.41 Å². The first kappa shape index (κ1) is 18.9. The van der Waals surface area contributed by atoms with Crippen molar-refractivity contribution in [2.45, 2.75) is 64.7 Å². The Balaban J connectivity index is 1.70. The summed E-state index contributed by atoms with van der Waals surface area (Å²) in [6.45, 7) is 4.17. The summed E-state index contributed by atoms with van der Waals surface area (Å²) in [4.78, 5) is 14.2. The zero-order chi connectivity index (χ0) is 19.4. The van der Waals surface area contributed by atoms with Crippen LogP contribution in [0.1, 0.15) is 68.6 Å². The lowest BCUT2D eigenvalue weighted by atomic mass is 9.55. The smallest absolute Gasteiger partial charge is 0.370 e. The van der Waals surface area contributed by atoms with Gasteiger partial charge in [0.2, 0.25) is 0 Å². The first-order valence-corrected chi connectivity index (χ1v) is 11.3. The molecule has 4 unspecified atom stereocenters. The van der Waals surface area contributed by atoms with Gasteiger partial charge in [-0.2, -0.15) is 8.42 Å². The van der Waals surface area contributed by atoms with Crippen molar-refractivity contribution in [3.8, 4) is 5.75 Å². The second-order valence-corrected chi connectivity index (χ2v) is 9.81. The maximum atomic E-state index is 12.5. The van der Waals surface area contributed by atoms with Crippen LogP contribution in [0.3, 0.4) is 0 Å². The number of Topliss-reactive ketones (excluding diaryl/α,β-unsaturated/α-hetero) is 1. The van der Waals surface area contributed by atoms with Gasteiger partial charge in [0.25, 0.3) is 0 Å². The second kappa shape index (κ2) is 6.57. The molecular formula is C20H28N2O4S. The Morgan fingerprint density at radius 3 is 2.74 bits per heavy atom. The summed E-state index contributed by atoms with van der Waals surface area (Å²) < 4.78 is 28.6. The number of ketones is 1. The van der Waals surface area contributed by atoms with Gasteiger partial charge in [0.15, 0.2) is 0 Å². The van der Waals surface area contributed by atoms with Gasteiger partial charge in [-0.25, -0.2) is 0 Å². The molecule has 4 atom stereocenters. The number of hydrazine groups is 1. The largest absolute Gasteiger partial charge is 0.395 e. The zero-order valence-corrected chi connectivity index (χ0v) is 16.8. The summed E-state index contributed by atoms with van der Waals surface area (Å²) in [5.41, 5.74) is 3.25. The lowest BCUT2D eigenvalue weighted by Gasteiger charge is -2.48. The topological polar surface area (TPSA) is 98.5 Å². The van der Waals surface area contributed by atoms with E-state index in [1.54, 1.807) is 4.83 Å². The van der Waals surface area contributed by atoms with Crippen molar-refractivity contribution < 1.29 is 17.4 Å². The summed E-state index contributed by atoms with van der Waals surface area (Å²) in [5.74, 6) is 7.37. The number of nitrogens with one attached hydrogen (secondary N) is 1. The fourth-order valence-corrected chi connectivity index (χ4v) is 6.35. The van der Waals surface area contributed by atoms with Crippen LogP contribution in [-0.4, -0.2) is 14.2 Å². The van der Waals surface area contributed by atoms with E-state index in [0.29, 0.717) is 35.7 Å². The van der Waals surface area contributed by atoms with E-state index < -0.39 is 10.3 Å². The maximum absolute atomic E-state index is 12.5. The number of nitrogens with two attached hydrogens (primary N) is 1. The summed E-state index contributed by atoms with van der Waals surface area (Å²) in [6, 6.07) is 4.01. The number of carbonyl (C=O) groups is 1. The van der Waals surface area contributed by atoms with Gasteiger partial charge in [-0.15, -0.1) is 4.83 Å². The first-order chi connectivity index (χ1) is 12.8. The molecule has 0 bridgehead atoms. The Labute approximate surface area is 161 Å². The van der Waals surface area contributed by atoms with E-state index in [0.717, 1.165) is 44.1 Å². The third kappa shape index (κ3) is 3.00. The van der Waals surface area contributed by atoms with Crippen LogP contribution in [0.2, 0.25) is 0 Å². The molecule has 0 saturated heterocycles. The summed E-state index contributed by atoms with van der Waals surface area (Å²) in [7, 11) is -3.99. The van der Waals surface area contributed by atoms with Gasteiger partial charge >= 0.3 is 10.3 Å². The summed E-state index contributed by atoms with van der Waals surface area (Å²) in [6.07, 6.45) is 6.37. The SMILES string of the molecule is CCc1cc2c(cc1OS(=O)(=O)NN)CCC1C2CCC2(C)C(=O)CCC12. The molecule has 6 nitrogen and oxygen atoms in total. The van der Waals surface area contributed by atoms with E-state index in [9.17, 15) is 13.2 Å². The number of carbonyl (C=O) groups excluding carboxylic acids is 1. The normalized spacial score (nSPS) is 32.6. The molecule has 0 aliphatic heterocycles. The van der Waals surface area contributed by atoms with E-state index in [2.05, 4.69) is 13.0 Å². The Hall–Kier alpha value is -1.44. The monoisotopic (exact) mass is 392 g/mol. The minimum atomic E-state index is -3.99. The number of fused-ring (bicyclic) bond motifs is 5. The van der Waals surface area contributed by atoms with Gasteiger partial charge in [-0.3, -0.25) is 10.6 Å². The van der Waals surface area contributed by atoms with E-state index >= 15 is 0 Å². The summed E-state index contributed by atoms with van der Waals surface area (Å²) >= 11 is 0. The molecule has 148 valence electrons. The van der Waals surface area contributed by atoms with Gasteiger partial charge in [0.05, 0.1) is 0 Å². The third-order valence-corrected chi connectivity index (χ3v) is 8.03. The van der Waals surface area contributed by atoms with Crippen LogP contribution in [0.5, 0.6) is 5.75 Å². The number of hydrogen-bond acceptors (Lipinski definition) is 5. The molecule has 3 aliphatic carbocycles. The maximum Gasteiger partial charge on any atom is 0.395 e. The van der Waals surface area contributed by atoms with Crippen LogP contribution < -0.4 is 14.9 Å². The van der Waals surface area contributed by atoms with Crippen LogP contribution in [0.25, 0.3) is 0 Å². The molecular weight excluding hydrogens is 364 g/mol. The highest BCUT2D eigenvalue weighted by atomic mass is 32.2. The van der Waals surface area contributed by atoms with Gasteiger partial charge in [0, 0.05) is 11.8 Å². The molecule has 0 aromatic heterocycles. The molecule has 1 aromatic carbocycles. The van der Waals surface area contributed by atoms with Crippen molar-refractivity contribution in [2.75, 3.05) is 0 Å². The molecule has 3 N–H and O–H groups in total. The van der Waals surface area contributed by atoms with Crippen LogP contribution in [-0.2, 0) is 27.9 Å². The minimum absolute atomic E-state index is 0.129.